The number of imidazole rings is 1. The molecule has 1 heterocycles. The maximum absolute atomic E-state index is 12.4. The molecule has 24 heavy (non-hydrogen) atoms. The van der Waals surface area contributed by atoms with Crippen LogP contribution in [0.25, 0.3) is 11.0 Å². The van der Waals surface area contributed by atoms with Gasteiger partial charge in [0.25, 0.3) is 5.91 Å². The SMILES string of the molecule is CN(C)S(=O)(=O)c1cccc(C(=O)Nn2cnc3ccccc32)c1. The molecule has 0 spiro atoms. The number of hydrogen-bond acceptors (Lipinski definition) is 4. The number of para-hydroxylation sites is 2. The van der Waals surface area contributed by atoms with Crippen LogP contribution in [-0.2, 0) is 10.0 Å². The van der Waals surface area contributed by atoms with Crippen molar-refractivity contribution >= 4 is 27.0 Å². The summed E-state index contributed by atoms with van der Waals surface area (Å²) in [5.74, 6) is -0.422. The van der Waals surface area contributed by atoms with E-state index in [0.29, 0.717) is 0 Å². The number of benzene rings is 2. The molecule has 0 aliphatic heterocycles. The first kappa shape index (κ1) is 16.2. The molecule has 0 radical (unpaired) electrons. The molecule has 0 atom stereocenters. The summed E-state index contributed by atoms with van der Waals surface area (Å²) in [4.78, 5) is 16.7. The number of nitrogens with one attached hydrogen (secondary N) is 1. The van der Waals surface area contributed by atoms with E-state index in [1.165, 1.54) is 43.3 Å². The van der Waals surface area contributed by atoms with Crippen LogP contribution in [0.1, 0.15) is 10.4 Å². The van der Waals surface area contributed by atoms with E-state index in [-0.39, 0.29) is 10.5 Å². The molecule has 3 rings (SSSR count). The number of fused-ring (bicyclic) bond motifs is 1. The van der Waals surface area contributed by atoms with Crippen LogP contribution >= 0.6 is 0 Å². The number of sulfonamides is 1. The smallest absolute Gasteiger partial charge is 0.267 e. The first-order chi connectivity index (χ1) is 11.4. The van der Waals surface area contributed by atoms with Gasteiger partial charge in [0.15, 0.2) is 0 Å². The number of carbonyl (C=O) groups is 1. The lowest BCUT2D eigenvalue weighted by Crippen LogP contribution is -2.24. The van der Waals surface area contributed by atoms with Crippen molar-refractivity contribution in [2.45, 2.75) is 4.90 Å². The summed E-state index contributed by atoms with van der Waals surface area (Å²) in [5, 5.41) is 0. The monoisotopic (exact) mass is 344 g/mol. The summed E-state index contributed by atoms with van der Waals surface area (Å²) in [5.41, 5.74) is 4.45. The Balaban J connectivity index is 1.91. The van der Waals surface area contributed by atoms with Gasteiger partial charge in [-0.05, 0) is 30.3 Å². The largest absolute Gasteiger partial charge is 0.270 e. The topological polar surface area (TPSA) is 84.3 Å². The van der Waals surface area contributed by atoms with Gasteiger partial charge >= 0.3 is 0 Å². The lowest BCUT2D eigenvalue weighted by atomic mass is 10.2. The van der Waals surface area contributed by atoms with Crippen molar-refractivity contribution in [1.82, 2.24) is 14.0 Å². The van der Waals surface area contributed by atoms with E-state index in [0.717, 1.165) is 15.3 Å². The average molecular weight is 344 g/mol. The third-order valence-corrected chi connectivity index (χ3v) is 5.36. The van der Waals surface area contributed by atoms with Crippen molar-refractivity contribution in [3.05, 3.63) is 60.4 Å². The van der Waals surface area contributed by atoms with Crippen LogP contribution in [0.3, 0.4) is 0 Å². The molecule has 8 heteroatoms. The van der Waals surface area contributed by atoms with Gasteiger partial charge in [-0.3, -0.25) is 10.2 Å². The third-order valence-electron chi connectivity index (χ3n) is 3.55. The number of hydrogen-bond donors (Lipinski definition) is 1. The van der Waals surface area contributed by atoms with Crippen molar-refractivity contribution in [2.24, 2.45) is 0 Å². The Bertz CT molecular complexity index is 1010. The lowest BCUT2D eigenvalue weighted by Gasteiger charge is -2.12. The molecule has 7 nitrogen and oxygen atoms in total. The van der Waals surface area contributed by atoms with E-state index in [2.05, 4.69) is 10.4 Å². The Labute approximate surface area is 139 Å². The molecule has 1 aromatic heterocycles. The van der Waals surface area contributed by atoms with E-state index < -0.39 is 15.9 Å². The molecule has 0 unspecified atom stereocenters. The Kier molecular flexibility index (Phi) is 4.08. The predicted octanol–water partition coefficient (Wildman–Crippen LogP) is 1.67. The fourth-order valence-electron chi connectivity index (χ4n) is 2.23. The van der Waals surface area contributed by atoms with Gasteiger partial charge in [0, 0.05) is 19.7 Å². The van der Waals surface area contributed by atoms with Crippen LogP contribution in [0.5, 0.6) is 0 Å². The van der Waals surface area contributed by atoms with Gasteiger partial charge < -0.3 is 0 Å². The van der Waals surface area contributed by atoms with Crippen molar-refractivity contribution in [2.75, 3.05) is 19.5 Å². The molecule has 2 aromatic carbocycles. The molecule has 0 fully saturated rings. The first-order valence-electron chi connectivity index (χ1n) is 7.15. The van der Waals surface area contributed by atoms with Crippen LogP contribution in [0.15, 0.2) is 59.8 Å². The van der Waals surface area contributed by atoms with E-state index in [9.17, 15) is 13.2 Å². The van der Waals surface area contributed by atoms with Gasteiger partial charge in [-0.25, -0.2) is 22.4 Å². The standard InChI is InChI=1S/C16H16N4O3S/c1-19(2)24(22,23)13-7-5-6-12(10-13)16(21)18-20-11-17-14-8-3-4-9-15(14)20/h3-11H,1-2H3,(H,18,21). The second-order valence-electron chi connectivity index (χ2n) is 5.36. The van der Waals surface area contributed by atoms with Gasteiger partial charge in [-0.1, -0.05) is 18.2 Å². The van der Waals surface area contributed by atoms with Crippen molar-refractivity contribution in [1.29, 1.82) is 0 Å². The summed E-state index contributed by atoms with van der Waals surface area (Å²) in [6, 6.07) is 13.3. The van der Waals surface area contributed by atoms with Crippen LogP contribution in [0.4, 0.5) is 0 Å². The van der Waals surface area contributed by atoms with Gasteiger partial charge in [-0.2, -0.15) is 0 Å². The van der Waals surface area contributed by atoms with Crippen LogP contribution < -0.4 is 5.43 Å². The first-order valence-corrected chi connectivity index (χ1v) is 8.59. The van der Waals surface area contributed by atoms with Crippen LogP contribution in [-0.4, -0.2) is 42.4 Å². The zero-order valence-electron chi connectivity index (χ0n) is 13.2. The van der Waals surface area contributed by atoms with Gasteiger partial charge in [0.1, 0.15) is 6.33 Å². The Hall–Kier alpha value is -2.71. The van der Waals surface area contributed by atoms with E-state index >= 15 is 0 Å². The van der Waals surface area contributed by atoms with Gasteiger partial charge in [0.05, 0.1) is 15.9 Å². The molecule has 0 aliphatic rings. The number of rotatable bonds is 4. The third kappa shape index (κ3) is 2.89. The zero-order chi connectivity index (χ0) is 17.3. The average Bonchev–Trinajstić information content (AvgIpc) is 2.98. The summed E-state index contributed by atoms with van der Waals surface area (Å²) in [6.07, 6.45) is 1.50. The summed E-state index contributed by atoms with van der Waals surface area (Å²) >= 11 is 0. The molecule has 1 N–H and O–H groups in total. The number of aromatic nitrogens is 2. The second-order valence-corrected chi connectivity index (χ2v) is 7.51. The van der Waals surface area contributed by atoms with Crippen molar-refractivity contribution in [3.8, 4) is 0 Å². The summed E-state index contributed by atoms with van der Waals surface area (Å²) in [6.45, 7) is 0. The number of amides is 1. The normalized spacial score (nSPS) is 11.8. The maximum Gasteiger partial charge on any atom is 0.270 e. The van der Waals surface area contributed by atoms with Gasteiger partial charge in [-0.15, -0.1) is 0 Å². The second kappa shape index (κ2) is 6.06. The quantitative estimate of drug-likeness (QED) is 0.780. The highest BCUT2D eigenvalue weighted by molar-refractivity contribution is 7.89. The minimum Gasteiger partial charge on any atom is -0.267 e. The van der Waals surface area contributed by atoms with Gasteiger partial charge in [0.2, 0.25) is 10.0 Å². The maximum atomic E-state index is 12.4. The summed E-state index contributed by atoms with van der Waals surface area (Å²) in [7, 11) is -0.707. The van der Waals surface area contributed by atoms with E-state index in [4.69, 9.17) is 0 Å². The predicted molar refractivity (Wildman–Crippen MR) is 90.7 cm³/mol. The zero-order valence-corrected chi connectivity index (χ0v) is 14.0. The fourth-order valence-corrected chi connectivity index (χ4v) is 3.18. The van der Waals surface area contributed by atoms with Crippen LogP contribution in [0, 0.1) is 0 Å². The Morgan fingerprint density at radius 2 is 1.88 bits per heavy atom. The van der Waals surface area contributed by atoms with E-state index in [1.807, 2.05) is 24.3 Å². The highest BCUT2D eigenvalue weighted by Gasteiger charge is 2.19. The van der Waals surface area contributed by atoms with Crippen molar-refractivity contribution < 1.29 is 13.2 Å². The number of nitrogens with zero attached hydrogens (tertiary/aromatic N) is 3. The minimum absolute atomic E-state index is 0.0654. The molecule has 0 bridgehead atoms. The molecule has 0 saturated carbocycles. The van der Waals surface area contributed by atoms with Crippen molar-refractivity contribution in [3.63, 3.8) is 0 Å². The number of carbonyl (C=O) groups excluding carboxylic acids is 1. The Morgan fingerprint density at radius 3 is 2.62 bits per heavy atom. The minimum atomic E-state index is -3.60. The van der Waals surface area contributed by atoms with E-state index in [1.54, 1.807) is 6.07 Å². The molecule has 1 amide bonds. The molecule has 124 valence electrons. The molecule has 0 aliphatic carbocycles. The lowest BCUT2D eigenvalue weighted by molar-refractivity contribution is 0.101. The molecular formula is C16H16N4O3S. The highest BCUT2D eigenvalue weighted by Crippen LogP contribution is 2.16. The Morgan fingerprint density at radius 1 is 1.12 bits per heavy atom. The van der Waals surface area contributed by atoms with Crippen LogP contribution in [0.2, 0.25) is 0 Å². The highest BCUT2D eigenvalue weighted by atomic mass is 32.2. The fraction of sp³-hybridized carbons (Fsp3) is 0.125. The molecule has 0 saturated heterocycles. The molecule has 3 aromatic rings. The summed E-state index contributed by atoms with van der Waals surface area (Å²) < 4.78 is 27.0. The molecular weight excluding hydrogens is 328 g/mol.